The number of halogens is 3. The summed E-state index contributed by atoms with van der Waals surface area (Å²) >= 11 is 0. The Labute approximate surface area is 136 Å². The lowest BCUT2D eigenvalue weighted by Crippen LogP contribution is -2.21. The number of anilines is 2. The lowest BCUT2D eigenvalue weighted by molar-refractivity contribution is -0.136. The molecule has 0 spiro atoms. The van der Waals surface area contributed by atoms with E-state index in [0.717, 1.165) is 6.07 Å². The van der Waals surface area contributed by atoms with E-state index < -0.39 is 17.8 Å². The topological polar surface area (TPSA) is 59.6 Å². The quantitative estimate of drug-likeness (QED) is 0.869. The first kappa shape index (κ1) is 17.5. The first-order valence-electron chi connectivity index (χ1n) is 6.81. The summed E-state index contributed by atoms with van der Waals surface area (Å²) < 4.78 is 48.9. The summed E-state index contributed by atoms with van der Waals surface area (Å²) in [6.07, 6.45) is -4.56. The number of carbonyl (C=O) groups excluding carboxylic acids is 1. The van der Waals surface area contributed by atoms with Gasteiger partial charge in [0.1, 0.15) is 0 Å². The van der Waals surface area contributed by atoms with Gasteiger partial charge in [-0.15, -0.1) is 0 Å². The molecular weight excluding hydrogens is 325 g/mol. The van der Waals surface area contributed by atoms with Crippen molar-refractivity contribution in [1.82, 2.24) is 0 Å². The Morgan fingerprint density at radius 1 is 0.958 bits per heavy atom. The second kappa shape index (κ2) is 7.12. The van der Waals surface area contributed by atoms with Gasteiger partial charge in [0.05, 0.1) is 25.5 Å². The van der Waals surface area contributed by atoms with Crippen molar-refractivity contribution in [2.75, 3.05) is 24.9 Å². The summed E-state index contributed by atoms with van der Waals surface area (Å²) in [5, 5.41) is 4.63. The molecule has 0 unspecified atom stereocenters. The molecule has 0 aliphatic carbocycles. The van der Waals surface area contributed by atoms with Crippen molar-refractivity contribution in [2.24, 2.45) is 0 Å². The largest absolute Gasteiger partial charge is 0.493 e. The molecule has 2 aromatic rings. The molecule has 0 aliphatic rings. The van der Waals surface area contributed by atoms with Crippen LogP contribution >= 0.6 is 0 Å². The van der Waals surface area contributed by atoms with E-state index in [4.69, 9.17) is 9.47 Å². The Kier molecular flexibility index (Phi) is 5.18. The van der Waals surface area contributed by atoms with E-state index in [1.807, 2.05) is 0 Å². The average molecular weight is 340 g/mol. The van der Waals surface area contributed by atoms with Crippen molar-refractivity contribution in [1.29, 1.82) is 0 Å². The van der Waals surface area contributed by atoms with E-state index in [1.54, 1.807) is 6.07 Å². The van der Waals surface area contributed by atoms with Crippen LogP contribution in [0.1, 0.15) is 5.56 Å². The molecule has 0 radical (unpaired) electrons. The zero-order valence-corrected chi connectivity index (χ0v) is 12.9. The molecule has 0 heterocycles. The second-order valence-corrected chi connectivity index (χ2v) is 4.69. The number of benzene rings is 2. The summed E-state index contributed by atoms with van der Waals surface area (Å²) in [4.78, 5) is 12.0. The van der Waals surface area contributed by atoms with E-state index in [2.05, 4.69) is 10.6 Å². The number of carbonyl (C=O) groups is 1. The fourth-order valence-electron chi connectivity index (χ4n) is 2.04. The molecule has 2 amide bonds. The van der Waals surface area contributed by atoms with Gasteiger partial charge >= 0.3 is 12.2 Å². The number of amides is 2. The zero-order valence-electron chi connectivity index (χ0n) is 12.9. The summed E-state index contributed by atoms with van der Waals surface area (Å²) in [5.74, 6) is 0.844. The lowest BCUT2D eigenvalue weighted by Gasteiger charge is -2.14. The number of para-hydroxylation sites is 1. The van der Waals surface area contributed by atoms with Crippen LogP contribution < -0.4 is 20.1 Å². The van der Waals surface area contributed by atoms with E-state index in [0.29, 0.717) is 17.2 Å². The van der Waals surface area contributed by atoms with Crippen LogP contribution in [-0.4, -0.2) is 20.3 Å². The zero-order chi connectivity index (χ0) is 17.7. The van der Waals surface area contributed by atoms with Crippen LogP contribution in [0.5, 0.6) is 11.5 Å². The highest BCUT2D eigenvalue weighted by Crippen LogP contribution is 2.34. The van der Waals surface area contributed by atoms with Crippen LogP contribution in [0.2, 0.25) is 0 Å². The van der Waals surface area contributed by atoms with Crippen LogP contribution in [0.3, 0.4) is 0 Å². The van der Waals surface area contributed by atoms with Gasteiger partial charge in [0.2, 0.25) is 0 Å². The maximum Gasteiger partial charge on any atom is 0.418 e. The Balaban J connectivity index is 2.15. The third-order valence-electron chi connectivity index (χ3n) is 3.12. The number of rotatable bonds is 4. The van der Waals surface area contributed by atoms with Crippen LogP contribution in [0.4, 0.5) is 29.3 Å². The van der Waals surface area contributed by atoms with Crippen molar-refractivity contribution < 1.29 is 27.4 Å². The minimum atomic E-state index is -4.56. The number of hydrogen-bond acceptors (Lipinski definition) is 3. The molecule has 128 valence electrons. The highest BCUT2D eigenvalue weighted by atomic mass is 19.4. The monoisotopic (exact) mass is 340 g/mol. The number of nitrogens with one attached hydrogen (secondary N) is 2. The highest BCUT2D eigenvalue weighted by Gasteiger charge is 2.33. The number of hydrogen-bond donors (Lipinski definition) is 2. The van der Waals surface area contributed by atoms with Crippen molar-refractivity contribution in [3.05, 3.63) is 48.0 Å². The molecule has 0 atom stereocenters. The Morgan fingerprint density at radius 3 is 2.25 bits per heavy atom. The maximum atomic E-state index is 12.9. The molecule has 2 rings (SSSR count). The summed E-state index contributed by atoms with van der Waals surface area (Å²) in [7, 11) is 2.90. The maximum absolute atomic E-state index is 12.9. The van der Waals surface area contributed by atoms with Gasteiger partial charge in [-0.3, -0.25) is 0 Å². The highest BCUT2D eigenvalue weighted by molar-refractivity contribution is 6.00. The summed E-state index contributed by atoms with van der Waals surface area (Å²) in [6, 6.07) is 8.52. The van der Waals surface area contributed by atoms with Crippen molar-refractivity contribution in [3.63, 3.8) is 0 Å². The van der Waals surface area contributed by atoms with Gasteiger partial charge in [-0.2, -0.15) is 13.2 Å². The fourth-order valence-corrected chi connectivity index (χ4v) is 2.04. The third kappa shape index (κ3) is 4.09. The molecule has 5 nitrogen and oxygen atoms in total. The van der Waals surface area contributed by atoms with Gasteiger partial charge in [-0.25, -0.2) is 4.79 Å². The van der Waals surface area contributed by atoms with E-state index in [-0.39, 0.29) is 5.69 Å². The van der Waals surface area contributed by atoms with Gasteiger partial charge in [-0.05, 0) is 24.3 Å². The Morgan fingerprint density at radius 2 is 1.62 bits per heavy atom. The Hall–Kier alpha value is -2.90. The van der Waals surface area contributed by atoms with Crippen LogP contribution in [0, 0.1) is 0 Å². The average Bonchev–Trinajstić information content (AvgIpc) is 2.54. The van der Waals surface area contributed by atoms with Gasteiger partial charge in [-0.1, -0.05) is 12.1 Å². The molecule has 24 heavy (non-hydrogen) atoms. The van der Waals surface area contributed by atoms with Gasteiger partial charge in [0.25, 0.3) is 0 Å². The van der Waals surface area contributed by atoms with E-state index in [9.17, 15) is 18.0 Å². The smallest absolute Gasteiger partial charge is 0.418 e. The molecule has 0 aromatic heterocycles. The number of methoxy groups -OCH3 is 2. The standard InChI is InChI=1S/C16H15F3N2O3/c1-23-13-8-7-10(9-14(13)24-2)20-15(22)21-12-6-4-3-5-11(12)16(17,18)19/h3-9H,1-2H3,(H2,20,21,22). The molecule has 0 aliphatic heterocycles. The Bertz CT molecular complexity index is 733. The molecule has 0 bridgehead atoms. The summed E-state index contributed by atoms with van der Waals surface area (Å²) in [6.45, 7) is 0. The number of urea groups is 1. The van der Waals surface area contributed by atoms with Gasteiger partial charge < -0.3 is 20.1 Å². The first-order chi connectivity index (χ1) is 11.3. The molecule has 2 aromatic carbocycles. The number of alkyl halides is 3. The fraction of sp³-hybridized carbons (Fsp3) is 0.188. The SMILES string of the molecule is COc1ccc(NC(=O)Nc2ccccc2C(F)(F)F)cc1OC. The normalized spacial score (nSPS) is 10.9. The van der Waals surface area contributed by atoms with Gasteiger partial charge in [0.15, 0.2) is 11.5 Å². The third-order valence-corrected chi connectivity index (χ3v) is 3.12. The van der Waals surface area contributed by atoms with Crippen molar-refractivity contribution in [2.45, 2.75) is 6.18 Å². The molecular formula is C16H15F3N2O3. The molecule has 0 saturated carbocycles. The molecule has 0 saturated heterocycles. The van der Waals surface area contributed by atoms with Crippen LogP contribution in [0.25, 0.3) is 0 Å². The van der Waals surface area contributed by atoms with E-state index >= 15 is 0 Å². The molecule has 0 fully saturated rings. The predicted octanol–water partition coefficient (Wildman–Crippen LogP) is 4.37. The lowest BCUT2D eigenvalue weighted by atomic mass is 10.1. The van der Waals surface area contributed by atoms with Crippen molar-refractivity contribution in [3.8, 4) is 11.5 Å². The first-order valence-corrected chi connectivity index (χ1v) is 6.81. The minimum Gasteiger partial charge on any atom is -0.493 e. The van der Waals surface area contributed by atoms with Crippen molar-refractivity contribution >= 4 is 17.4 Å². The summed E-state index contributed by atoms with van der Waals surface area (Å²) in [5.41, 5.74) is -0.912. The molecule has 8 heteroatoms. The van der Waals surface area contributed by atoms with E-state index in [1.165, 1.54) is 44.6 Å². The van der Waals surface area contributed by atoms with Gasteiger partial charge in [0, 0.05) is 11.8 Å². The van der Waals surface area contributed by atoms with Crippen LogP contribution in [0.15, 0.2) is 42.5 Å². The number of ether oxygens (including phenoxy) is 2. The molecule has 2 N–H and O–H groups in total. The minimum absolute atomic E-state index is 0.331. The predicted molar refractivity (Wildman–Crippen MR) is 83.6 cm³/mol. The second-order valence-electron chi connectivity index (χ2n) is 4.69. The van der Waals surface area contributed by atoms with Crippen LogP contribution in [-0.2, 0) is 6.18 Å².